The predicted molar refractivity (Wildman–Crippen MR) is 52.9 cm³/mol. The first-order valence-corrected chi connectivity index (χ1v) is 4.89. The zero-order chi connectivity index (χ0) is 10.7. The average Bonchev–Trinajstić information content (AvgIpc) is 2.46. The molecule has 6 nitrogen and oxygen atoms in total. The van der Waals surface area contributed by atoms with Crippen molar-refractivity contribution < 1.29 is 10.0 Å². The van der Waals surface area contributed by atoms with Crippen LogP contribution in [0, 0.1) is 10.1 Å². The number of nitro groups is 1. The second-order valence-corrected chi connectivity index (χ2v) is 3.70. The molecular formula is C7H10BrN3O3. The van der Waals surface area contributed by atoms with Gasteiger partial charge in [-0.25, -0.2) is 0 Å². The van der Waals surface area contributed by atoms with Crippen molar-refractivity contribution in [3.8, 4) is 0 Å². The molecule has 0 saturated carbocycles. The summed E-state index contributed by atoms with van der Waals surface area (Å²) in [5, 5.41) is 23.4. The molecule has 1 unspecified atom stereocenters. The lowest BCUT2D eigenvalue weighted by molar-refractivity contribution is -0.390. The number of rotatable bonds is 4. The molecule has 0 aliphatic carbocycles. The van der Waals surface area contributed by atoms with Crippen LogP contribution >= 0.6 is 15.9 Å². The molecule has 1 atom stereocenters. The van der Waals surface area contributed by atoms with Crippen molar-refractivity contribution in [1.29, 1.82) is 0 Å². The van der Waals surface area contributed by atoms with Gasteiger partial charge in [0.15, 0.2) is 0 Å². The molecule has 7 heteroatoms. The Morgan fingerprint density at radius 3 is 2.93 bits per heavy atom. The van der Waals surface area contributed by atoms with Crippen molar-refractivity contribution in [1.82, 2.24) is 9.78 Å². The molecule has 78 valence electrons. The molecule has 0 saturated heterocycles. The van der Waals surface area contributed by atoms with Gasteiger partial charge in [0.2, 0.25) is 0 Å². The Bertz CT molecular complexity index is 339. The number of hydrogen-bond donors (Lipinski definition) is 1. The van der Waals surface area contributed by atoms with E-state index in [-0.39, 0.29) is 12.4 Å². The summed E-state index contributed by atoms with van der Waals surface area (Å²) in [5.41, 5.74) is 0. The van der Waals surface area contributed by atoms with Crippen LogP contribution < -0.4 is 0 Å². The Balaban J connectivity index is 2.81. The van der Waals surface area contributed by atoms with Gasteiger partial charge in [0.1, 0.15) is 4.47 Å². The van der Waals surface area contributed by atoms with E-state index in [0.29, 0.717) is 10.9 Å². The minimum atomic E-state index is -0.571. The van der Waals surface area contributed by atoms with Crippen molar-refractivity contribution in [3.63, 3.8) is 0 Å². The Morgan fingerprint density at radius 1 is 1.86 bits per heavy atom. The standard InChI is InChI=1S/C7H10BrN3O3/c1-2-5(12)3-10-4-6(8)7(9-10)11(13)14/h4-5,12H,2-3H2,1H3. The summed E-state index contributed by atoms with van der Waals surface area (Å²) in [4.78, 5) is 9.86. The van der Waals surface area contributed by atoms with Crippen LogP contribution in [0.25, 0.3) is 0 Å². The lowest BCUT2D eigenvalue weighted by atomic mass is 10.3. The molecule has 0 amide bonds. The van der Waals surface area contributed by atoms with Crippen LogP contribution in [0.1, 0.15) is 13.3 Å². The molecule has 1 N–H and O–H groups in total. The van der Waals surface area contributed by atoms with Gasteiger partial charge in [-0.2, -0.15) is 4.68 Å². The van der Waals surface area contributed by atoms with E-state index in [1.54, 1.807) is 0 Å². The number of aliphatic hydroxyl groups is 1. The Hall–Kier alpha value is -0.950. The van der Waals surface area contributed by atoms with Gasteiger partial charge in [0.05, 0.1) is 23.9 Å². The second-order valence-electron chi connectivity index (χ2n) is 2.84. The van der Waals surface area contributed by atoms with Crippen molar-refractivity contribution in [2.75, 3.05) is 0 Å². The summed E-state index contributed by atoms with van der Waals surface area (Å²) in [6.45, 7) is 2.10. The van der Waals surface area contributed by atoms with Gasteiger partial charge in [-0.1, -0.05) is 6.92 Å². The van der Waals surface area contributed by atoms with Gasteiger partial charge in [-0.3, -0.25) is 0 Å². The maximum absolute atomic E-state index is 10.4. The molecule has 0 aliphatic rings. The van der Waals surface area contributed by atoms with Gasteiger partial charge in [0, 0.05) is 0 Å². The number of aliphatic hydroxyl groups excluding tert-OH is 1. The molecule has 0 bridgehead atoms. The molecule has 1 aromatic heterocycles. The minimum absolute atomic E-state index is 0.228. The van der Waals surface area contributed by atoms with Crippen LogP contribution in [0.4, 0.5) is 5.82 Å². The van der Waals surface area contributed by atoms with Gasteiger partial charge in [0.25, 0.3) is 0 Å². The first-order chi connectivity index (χ1) is 6.54. The average molecular weight is 264 g/mol. The molecule has 14 heavy (non-hydrogen) atoms. The summed E-state index contributed by atoms with van der Waals surface area (Å²) in [6.07, 6.45) is 1.55. The summed E-state index contributed by atoms with van der Waals surface area (Å²) in [5.74, 6) is -0.228. The Morgan fingerprint density at radius 2 is 2.50 bits per heavy atom. The highest BCUT2D eigenvalue weighted by molar-refractivity contribution is 9.10. The Labute approximate surface area is 88.8 Å². The molecule has 1 heterocycles. The van der Waals surface area contributed by atoms with E-state index < -0.39 is 11.0 Å². The summed E-state index contributed by atoms with van der Waals surface area (Å²) in [7, 11) is 0. The largest absolute Gasteiger partial charge is 0.404 e. The van der Waals surface area contributed by atoms with E-state index in [1.807, 2.05) is 6.92 Å². The van der Waals surface area contributed by atoms with Crippen LogP contribution in [-0.4, -0.2) is 25.9 Å². The van der Waals surface area contributed by atoms with E-state index >= 15 is 0 Å². The van der Waals surface area contributed by atoms with E-state index in [2.05, 4.69) is 21.0 Å². The molecule has 0 aliphatic heterocycles. The molecule has 1 aromatic rings. The third-order valence-corrected chi connectivity index (χ3v) is 2.30. The third kappa shape index (κ3) is 2.52. The van der Waals surface area contributed by atoms with Gasteiger partial charge < -0.3 is 15.2 Å². The maximum Gasteiger partial charge on any atom is 0.404 e. The number of aromatic nitrogens is 2. The fourth-order valence-electron chi connectivity index (χ4n) is 0.949. The topological polar surface area (TPSA) is 81.2 Å². The fourth-order valence-corrected chi connectivity index (χ4v) is 1.41. The van der Waals surface area contributed by atoms with Crippen LogP contribution in [0.5, 0.6) is 0 Å². The summed E-state index contributed by atoms with van der Waals surface area (Å²) >= 11 is 3.02. The van der Waals surface area contributed by atoms with E-state index in [0.717, 1.165) is 0 Å². The monoisotopic (exact) mass is 263 g/mol. The predicted octanol–water partition coefficient (Wildman–Crippen LogP) is 1.32. The third-order valence-electron chi connectivity index (χ3n) is 1.74. The van der Waals surface area contributed by atoms with Crippen LogP contribution in [0.15, 0.2) is 10.7 Å². The minimum Gasteiger partial charge on any atom is -0.391 e. The second kappa shape index (κ2) is 4.52. The number of nitrogens with zero attached hydrogens (tertiary/aromatic N) is 3. The SMILES string of the molecule is CCC(O)Cn1cc(Br)c([N+](=O)[O-])n1. The molecule has 0 fully saturated rings. The Kier molecular flexibility index (Phi) is 3.59. The maximum atomic E-state index is 10.4. The zero-order valence-corrected chi connectivity index (χ0v) is 9.14. The van der Waals surface area contributed by atoms with Crippen LogP contribution in [-0.2, 0) is 6.54 Å². The quantitative estimate of drug-likeness (QED) is 0.656. The molecule has 1 rings (SSSR count). The summed E-state index contributed by atoms with van der Waals surface area (Å²) < 4.78 is 1.68. The normalized spacial score (nSPS) is 12.8. The first kappa shape index (κ1) is 11.1. The lowest BCUT2D eigenvalue weighted by Gasteiger charge is -2.03. The fraction of sp³-hybridized carbons (Fsp3) is 0.571. The molecular weight excluding hydrogens is 254 g/mol. The van der Waals surface area contributed by atoms with Gasteiger partial charge in [-0.05, 0) is 27.3 Å². The first-order valence-electron chi connectivity index (χ1n) is 4.10. The van der Waals surface area contributed by atoms with E-state index in [1.165, 1.54) is 10.9 Å². The molecule has 0 radical (unpaired) electrons. The highest BCUT2D eigenvalue weighted by Crippen LogP contribution is 2.22. The summed E-state index contributed by atoms with van der Waals surface area (Å²) in [6, 6.07) is 0. The smallest absolute Gasteiger partial charge is 0.391 e. The number of hydrogen-bond acceptors (Lipinski definition) is 4. The van der Waals surface area contributed by atoms with Crippen molar-refractivity contribution in [2.45, 2.75) is 26.0 Å². The number of halogens is 1. The van der Waals surface area contributed by atoms with E-state index in [4.69, 9.17) is 0 Å². The lowest BCUT2D eigenvalue weighted by Crippen LogP contribution is -2.15. The van der Waals surface area contributed by atoms with Crippen molar-refractivity contribution >= 4 is 21.7 Å². The van der Waals surface area contributed by atoms with Gasteiger partial charge in [-0.15, -0.1) is 0 Å². The molecule has 0 aromatic carbocycles. The zero-order valence-electron chi connectivity index (χ0n) is 7.55. The van der Waals surface area contributed by atoms with Crippen LogP contribution in [0.3, 0.4) is 0 Å². The van der Waals surface area contributed by atoms with Gasteiger partial charge >= 0.3 is 5.82 Å². The van der Waals surface area contributed by atoms with Crippen molar-refractivity contribution in [3.05, 3.63) is 20.8 Å². The van der Waals surface area contributed by atoms with E-state index in [9.17, 15) is 15.2 Å². The highest BCUT2D eigenvalue weighted by atomic mass is 79.9. The van der Waals surface area contributed by atoms with Crippen LogP contribution in [0.2, 0.25) is 0 Å². The highest BCUT2D eigenvalue weighted by Gasteiger charge is 2.19. The van der Waals surface area contributed by atoms with Crippen molar-refractivity contribution in [2.24, 2.45) is 0 Å². The molecule has 0 spiro atoms.